The number of benzene rings is 3. The maximum Gasteiger partial charge on any atom is 0.255 e. The van der Waals surface area contributed by atoms with Crippen molar-refractivity contribution >= 4 is 46.3 Å². The molecule has 1 aromatic heterocycles. The number of amides is 2. The van der Waals surface area contributed by atoms with E-state index in [-0.39, 0.29) is 18.3 Å². The molecule has 4 aromatic rings. The Morgan fingerprint density at radius 3 is 2.74 bits per heavy atom. The number of nitrogens with zero attached hydrogens (tertiary/aromatic N) is 4. The topological polar surface area (TPSA) is 146 Å². The van der Waals surface area contributed by atoms with E-state index in [0.717, 1.165) is 22.3 Å². The third-order valence-corrected chi connectivity index (χ3v) is 6.46. The van der Waals surface area contributed by atoms with Crippen LogP contribution in [0, 0.1) is 0 Å². The quantitative estimate of drug-likeness (QED) is 0.143. The first-order valence-corrected chi connectivity index (χ1v) is 12.6. The maximum atomic E-state index is 12.3. The third kappa shape index (κ3) is 6.79. The van der Waals surface area contributed by atoms with Crippen molar-refractivity contribution in [1.82, 2.24) is 20.2 Å². The normalized spacial score (nSPS) is 11.0. The second-order valence-electron chi connectivity index (χ2n) is 8.09. The van der Waals surface area contributed by atoms with Crippen molar-refractivity contribution in [3.8, 4) is 11.5 Å². The highest BCUT2D eigenvalue weighted by molar-refractivity contribution is 7.99. The minimum atomic E-state index is -0.589. The first-order chi connectivity index (χ1) is 18.4. The van der Waals surface area contributed by atoms with Gasteiger partial charge in [0.15, 0.2) is 29.1 Å². The van der Waals surface area contributed by atoms with Crippen molar-refractivity contribution in [1.29, 1.82) is 0 Å². The highest BCUT2D eigenvalue weighted by Crippen LogP contribution is 2.27. The second-order valence-corrected chi connectivity index (χ2v) is 9.03. The standard InChI is InChI=1S/C26H27N7O4S/c1-33-24(14-28-20-9-5-7-18-6-3-4-8-19(18)20)30-32-26(33)38-16-25(35)31-29-13-17-10-11-21(22(12-17)36-2)37-15-23(27)34/h3-13,28H,14-16H2,1-2H3,(H2,27,34)(H,31,35)/b29-13-. The molecule has 0 aliphatic carbocycles. The average molecular weight is 534 g/mol. The SMILES string of the molecule is COc1cc(/C=N\NC(=O)CSc2nnc(CNc3cccc4ccccc34)n2C)ccc1OCC(N)=O. The number of hydrogen-bond acceptors (Lipinski definition) is 9. The number of hydrogen-bond donors (Lipinski definition) is 3. The summed E-state index contributed by atoms with van der Waals surface area (Å²) >= 11 is 1.26. The van der Waals surface area contributed by atoms with Crippen LogP contribution in [0.25, 0.3) is 10.8 Å². The van der Waals surface area contributed by atoms with Crippen LogP contribution in [0.2, 0.25) is 0 Å². The smallest absolute Gasteiger partial charge is 0.255 e. The van der Waals surface area contributed by atoms with Gasteiger partial charge in [-0.05, 0) is 35.2 Å². The number of hydrazone groups is 1. The predicted octanol–water partition coefficient (Wildman–Crippen LogP) is 2.70. The second kappa shape index (κ2) is 12.6. The number of aromatic nitrogens is 3. The van der Waals surface area contributed by atoms with Gasteiger partial charge in [-0.2, -0.15) is 5.10 Å². The Morgan fingerprint density at radius 2 is 1.92 bits per heavy atom. The molecular formula is C26H27N7O4S. The van der Waals surface area contributed by atoms with E-state index in [0.29, 0.717) is 28.8 Å². The molecule has 0 atom stereocenters. The summed E-state index contributed by atoms with van der Waals surface area (Å²) in [5.74, 6) is 0.760. The number of primary amides is 1. The van der Waals surface area contributed by atoms with Crippen molar-refractivity contribution in [2.24, 2.45) is 17.9 Å². The highest BCUT2D eigenvalue weighted by atomic mass is 32.2. The van der Waals surface area contributed by atoms with Gasteiger partial charge in [0, 0.05) is 18.1 Å². The number of nitrogens with two attached hydrogens (primary N) is 1. The van der Waals surface area contributed by atoms with Crippen LogP contribution < -0.4 is 25.9 Å². The molecule has 0 saturated carbocycles. The summed E-state index contributed by atoms with van der Waals surface area (Å²) in [6.07, 6.45) is 1.47. The van der Waals surface area contributed by atoms with Gasteiger partial charge in [0.1, 0.15) is 0 Å². The van der Waals surface area contributed by atoms with Crippen molar-refractivity contribution in [2.75, 3.05) is 24.8 Å². The first-order valence-electron chi connectivity index (χ1n) is 11.6. The molecule has 3 aromatic carbocycles. The van der Waals surface area contributed by atoms with E-state index in [1.807, 2.05) is 35.9 Å². The first kappa shape index (κ1) is 26.5. The Morgan fingerprint density at radius 1 is 1.11 bits per heavy atom. The van der Waals surface area contributed by atoms with E-state index in [1.165, 1.54) is 25.1 Å². The molecule has 11 nitrogen and oxygen atoms in total. The Balaban J connectivity index is 1.27. The van der Waals surface area contributed by atoms with E-state index in [9.17, 15) is 9.59 Å². The van der Waals surface area contributed by atoms with E-state index in [4.69, 9.17) is 15.2 Å². The van der Waals surface area contributed by atoms with Crippen LogP contribution in [0.3, 0.4) is 0 Å². The summed E-state index contributed by atoms with van der Waals surface area (Å²) in [7, 11) is 3.34. The summed E-state index contributed by atoms with van der Waals surface area (Å²) in [5.41, 5.74) is 9.27. The number of ether oxygens (including phenoxy) is 2. The molecule has 0 unspecified atom stereocenters. The van der Waals surface area contributed by atoms with Crippen LogP contribution in [-0.2, 0) is 23.2 Å². The summed E-state index contributed by atoms with van der Waals surface area (Å²) < 4.78 is 12.4. The lowest BCUT2D eigenvalue weighted by Crippen LogP contribution is -2.20. The molecule has 1 heterocycles. The molecule has 0 fully saturated rings. The van der Waals surface area contributed by atoms with E-state index in [1.54, 1.807) is 18.2 Å². The molecule has 4 N–H and O–H groups in total. The van der Waals surface area contributed by atoms with Gasteiger partial charge >= 0.3 is 0 Å². The maximum absolute atomic E-state index is 12.3. The zero-order chi connectivity index (χ0) is 26.9. The molecule has 0 aliphatic heterocycles. The fraction of sp³-hybridized carbons (Fsp3) is 0.192. The highest BCUT2D eigenvalue weighted by Gasteiger charge is 2.12. The number of carbonyl (C=O) groups is 2. The number of fused-ring (bicyclic) bond motifs is 1. The van der Waals surface area contributed by atoms with E-state index in [2.05, 4.69) is 44.2 Å². The van der Waals surface area contributed by atoms with Gasteiger partial charge in [-0.3, -0.25) is 9.59 Å². The van der Waals surface area contributed by atoms with Crippen molar-refractivity contribution < 1.29 is 19.1 Å². The molecule has 4 rings (SSSR count). The zero-order valence-electron chi connectivity index (χ0n) is 20.9. The van der Waals surface area contributed by atoms with Crippen LogP contribution in [0.15, 0.2) is 70.9 Å². The minimum absolute atomic E-state index is 0.114. The van der Waals surface area contributed by atoms with Crippen LogP contribution in [0.1, 0.15) is 11.4 Å². The lowest BCUT2D eigenvalue weighted by atomic mass is 10.1. The van der Waals surface area contributed by atoms with Crippen molar-refractivity contribution in [3.63, 3.8) is 0 Å². The van der Waals surface area contributed by atoms with Gasteiger partial charge in [-0.15, -0.1) is 10.2 Å². The summed E-state index contributed by atoms with van der Waals surface area (Å²) in [6.45, 7) is 0.232. The molecule has 12 heteroatoms. The Hall–Kier alpha value is -4.58. The Kier molecular flexibility index (Phi) is 8.77. The van der Waals surface area contributed by atoms with Crippen LogP contribution in [-0.4, -0.2) is 52.3 Å². The summed E-state index contributed by atoms with van der Waals surface area (Å²) in [6, 6.07) is 19.3. The van der Waals surface area contributed by atoms with Crippen LogP contribution in [0.5, 0.6) is 11.5 Å². The molecule has 0 bridgehead atoms. The Bertz CT molecular complexity index is 1470. The molecule has 0 radical (unpaired) electrons. The molecule has 38 heavy (non-hydrogen) atoms. The van der Waals surface area contributed by atoms with Gasteiger partial charge < -0.3 is 25.1 Å². The average Bonchev–Trinajstić information content (AvgIpc) is 3.28. The zero-order valence-corrected chi connectivity index (χ0v) is 21.7. The van der Waals surface area contributed by atoms with Crippen LogP contribution in [0.4, 0.5) is 5.69 Å². The number of rotatable bonds is 12. The van der Waals surface area contributed by atoms with Crippen molar-refractivity contribution in [2.45, 2.75) is 11.7 Å². The number of carbonyl (C=O) groups excluding carboxylic acids is 2. The minimum Gasteiger partial charge on any atom is -0.493 e. The number of nitrogens with one attached hydrogen (secondary N) is 2. The van der Waals surface area contributed by atoms with Gasteiger partial charge in [-0.1, -0.05) is 48.2 Å². The fourth-order valence-corrected chi connectivity index (χ4v) is 4.27. The lowest BCUT2D eigenvalue weighted by Gasteiger charge is -2.10. The van der Waals surface area contributed by atoms with Crippen LogP contribution >= 0.6 is 11.8 Å². The van der Waals surface area contributed by atoms with Gasteiger partial charge in [0.2, 0.25) is 0 Å². The molecule has 2 amide bonds. The monoisotopic (exact) mass is 533 g/mol. The van der Waals surface area contributed by atoms with Crippen molar-refractivity contribution in [3.05, 3.63) is 72.1 Å². The number of anilines is 1. The molecule has 0 spiro atoms. The molecule has 0 aliphatic rings. The van der Waals surface area contributed by atoms with E-state index >= 15 is 0 Å². The predicted molar refractivity (Wildman–Crippen MR) is 146 cm³/mol. The van der Waals surface area contributed by atoms with E-state index < -0.39 is 5.91 Å². The van der Waals surface area contributed by atoms with Gasteiger partial charge in [-0.25, -0.2) is 5.43 Å². The van der Waals surface area contributed by atoms with Gasteiger partial charge in [0.05, 0.1) is 25.6 Å². The number of thioether (sulfide) groups is 1. The Labute approximate surface area is 223 Å². The summed E-state index contributed by atoms with van der Waals surface area (Å²) in [4.78, 5) is 23.2. The molecule has 0 saturated heterocycles. The summed E-state index contributed by atoms with van der Waals surface area (Å²) in [5, 5.41) is 18.8. The largest absolute Gasteiger partial charge is 0.493 e. The fourth-order valence-electron chi connectivity index (χ4n) is 3.55. The van der Waals surface area contributed by atoms with Gasteiger partial charge in [0.25, 0.3) is 11.8 Å². The number of methoxy groups -OCH3 is 1. The third-order valence-electron chi connectivity index (χ3n) is 5.44. The lowest BCUT2D eigenvalue weighted by molar-refractivity contribution is -0.120. The molecular weight excluding hydrogens is 506 g/mol. The molecule has 196 valence electrons.